The highest BCUT2D eigenvalue weighted by Crippen LogP contribution is 2.67. The molecule has 240 valence electrons. The molecular weight excluding hydrogens is 520 g/mol. The van der Waals surface area contributed by atoms with E-state index in [9.17, 15) is 0 Å². The van der Waals surface area contributed by atoms with E-state index in [1.165, 1.54) is 81.0 Å². The van der Waals surface area contributed by atoms with Gasteiger partial charge in [-0.2, -0.15) is 5.10 Å². The standard InChI is InChI=1S/C29H50N2.C8H10.C2H4.C2H2/c1-19(2)9-8-10-21(4)23-11-12-24-27-25(14-16-29(23,24)6)28(5)15-13-20(3)17-22(28)18-26(27)31-30-7;1-7-3-5-8(2)6-4-7;2*1-2/h18-21,23-25,27,30H,8-17H2,1-7H3;3-6H,1-2H3;1-2H2;1-2H/b31-26+;;;/t20?,21-,23?,24+,25+,27?,28?,29?;;;/m1.../s1. The van der Waals surface area contributed by atoms with Crippen molar-refractivity contribution in [3.05, 3.63) is 60.2 Å². The van der Waals surface area contributed by atoms with E-state index in [0.717, 1.165) is 35.5 Å². The molecular formula is C41H66N2. The highest BCUT2D eigenvalue weighted by molar-refractivity contribution is 5.99. The Balaban J connectivity index is 0.000000456. The monoisotopic (exact) mass is 587 g/mol. The Bertz CT molecular complexity index is 1040. The lowest BCUT2D eigenvalue weighted by atomic mass is 9.46. The van der Waals surface area contributed by atoms with E-state index in [2.05, 4.69) is 117 Å². The van der Waals surface area contributed by atoms with Crippen LogP contribution in [0.3, 0.4) is 0 Å². The highest BCUT2D eigenvalue weighted by atomic mass is 15.3. The summed E-state index contributed by atoms with van der Waals surface area (Å²) in [6.07, 6.45) is 24.6. The summed E-state index contributed by atoms with van der Waals surface area (Å²) in [5, 5.41) is 4.94. The number of hydrazone groups is 1. The second-order valence-corrected chi connectivity index (χ2v) is 15.1. The van der Waals surface area contributed by atoms with Crippen molar-refractivity contribution in [1.82, 2.24) is 5.43 Å². The second kappa shape index (κ2) is 16.7. The summed E-state index contributed by atoms with van der Waals surface area (Å²) < 4.78 is 0. The third-order valence-corrected chi connectivity index (χ3v) is 11.9. The second-order valence-electron chi connectivity index (χ2n) is 15.1. The number of benzene rings is 1. The van der Waals surface area contributed by atoms with Crippen molar-refractivity contribution in [2.45, 2.75) is 120 Å². The molecule has 1 N–H and O–H groups in total. The first kappa shape index (κ1) is 36.9. The minimum atomic E-state index is 0.423. The van der Waals surface area contributed by atoms with Gasteiger partial charge in [0, 0.05) is 13.0 Å². The first-order valence-corrected chi connectivity index (χ1v) is 17.3. The van der Waals surface area contributed by atoms with Crippen molar-refractivity contribution in [3.8, 4) is 12.8 Å². The van der Waals surface area contributed by atoms with E-state index in [1.807, 2.05) is 7.05 Å². The number of hydrogen-bond donors (Lipinski definition) is 1. The molecule has 0 radical (unpaired) electrons. The van der Waals surface area contributed by atoms with E-state index < -0.39 is 0 Å². The lowest BCUT2D eigenvalue weighted by molar-refractivity contribution is -0.0239. The maximum Gasteiger partial charge on any atom is 0.0639 e. The van der Waals surface area contributed by atoms with Gasteiger partial charge >= 0.3 is 0 Å². The molecule has 1 aromatic carbocycles. The Hall–Kier alpha value is -2.27. The molecule has 3 fully saturated rings. The third-order valence-electron chi connectivity index (χ3n) is 11.9. The molecule has 2 heteroatoms. The zero-order valence-corrected chi connectivity index (χ0v) is 29.5. The molecule has 5 rings (SSSR count). The quantitative estimate of drug-likeness (QED) is 0.200. The summed E-state index contributed by atoms with van der Waals surface area (Å²) in [4.78, 5) is 0. The van der Waals surface area contributed by atoms with Gasteiger partial charge in [0.15, 0.2) is 0 Å². The number of nitrogens with zero attached hydrogens (tertiary/aromatic N) is 1. The van der Waals surface area contributed by atoms with Crippen LogP contribution in [0.4, 0.5) is 0 Å². The van der Waals surface area contributed by atoms with Gasteiger partial charge in [-0.05, 0) is 111 Å². The van der Waals surface area contributed by atoms with E-state index in [0.29, 0.717) is 16.7 Å². The first-order chi connectivity index (χ1) is 20.5. The lowest BCUT2D eigenvalue weighted by Gasteiger charge is -2.58. The Labute approximate surface area is 267 Å². The van der Waals surface area contributed by atoms with Crippen LogP contribution in [0.25, 0.3) is 0 Å². The molecule has 0 heterocycles. The van der Waals surface area contributed by atoms with Gasteiger partial charge in [-0.3, -0.25) is 0 Å². The molecule has 43 heavy (non-hydrogen) atoms. The van der Waals surface area contributed by atoms with Crippen LogP contribution >= 0.6 is 0 Å². The zero-order valence-electron chi connectivity index (χ0n) is 29.5. The number of nitrogens with one attached hydrogen (secondary N) is 1. The van der Waals surface area contributed by atoms with Gasteiger partial charge in [0.1, 0.15) is 0 Å². The number of rotatable bonds is 6. The van der Waals surface area contributed by atoms with Crippen LogP contribution in [0, 0.1) is 78.9 Å². The van der Waals surface area contributed by atoms with E-state index in [-0.39, 0.29) is 0 Å². The lowest BCUT2D eigenvalue weighted by Crippen LogP contribution is -2.53. The van der Waals surface area contributed by atoms with Gasteiger partial charge in [0.05, 0.1) is 5.71 Å². The zero-order chi connectivity index (χ0) is 32.4. The highest BCUT2D eigenvalue weighted by Gasteiger charge is 2.60. The molecule has 2 nitrogen and oxygen atoms in total. The van der Waals surface area contributed by atoms with Crippen LogP contribution in [0.1, 0.15) is 117 Å². The minimum absolute atomic E-state index is 0.423. The fourth-order valence-corrected chi connectivity index (χ4v) is 9.50. The maximum absolute atomic E-state index is 4.94. The molecule has 5 unspecified atom stereocenters. The Morgan fingerprint density at radius 1 is 0.907 bits per heavy atom. The first-order valence-electron chi connectivity index (χ1n) is 17.3. The molecule has 0 spiro atoms. The number of aryl methyl sites for hydroxylation is 2. The SMILES string of the molecule is C#C.C=C.CN/N=C1\C=C2CC(C)CCC2(C)[C@H]2CCC3(C)C([C@H](C)CCCC(C)C)CC[C@H]3C12.Cc1ccc(C)cc1. The Morgan fingerprint density at radius 2 is 1.51 bits per heavy atom. The van der Waals surface area contributed by atoms with Gasteiger partial charge in [-0.25, -0.2) is 0 Å². The molecule has 0 bridgehead atoms. The summed E-state index contributed by atoms with van der Waals surface area (Å²) in [5.41, 5.74) is 9.91. The average Bonchev–Trinajstić information content (AvgIpc) is 3.35. The maximum atomic E-state index is 4.94. The van der Waals surface area contributed by atoms with Gasteiger partial charge in [0.25, 0.3) is 0 Å². The summed E-state index contributed by atoms with van der Waals surface area (Å²) >= 11 is 0. The fraction of sp³-hybridized carbons (Fsp3) is 0.683. The molecule has 4 aliphatic rings. The molecule has 4 aliphatic carbocycles. The normalized spacial score (nSPS) is 33.9. The van der Waals surface area contributed by atoms with Crippen molar-refractivity contribution in [1.29, 1.82) is 0 Å². The third kappa shape index (κ3) is 8.47. The molecule has 1 aromatic rings. The number of hydrogen-bond acceptors (Lipinski definition) is 2. The molecule has 8 atom stereocenters. The van der Waals surface area contributed by atoms with E-state index in [4.69, 9.17) is 5.10 Å². The van der Waals surface area contributed by atoms with E-state index in [1.54, 1.807) is 5.57 Å². The van der Waals surface area contributed by atoms with Crippen molar-refractivity contribution >= 4 is 5.71 Å². The topological polar surface area (TPSA) is 24.4 Å². The Kier molecular flexibility index (Phi) is 14.3. The van der Waals surface area contributed by atoms with Crippen molar-refractivity contribution in [2.75, 3.05) is 7.05 Å². The van der Waals surface area contributed by atoms with Crippen LogP contribution < -0.4 is 5.43 Å². The van der Waals surface area contributed by atoms with Crippen molar-refractivity contribution in [3.63, 3.8) is 0 Å². The van der Waals surface area contributed by atoms with Gasteiger partial charge < -0.3 is 5.43 Å². The molecule has 0 aliphatic heterocycles. The molecule has 0 amide bonds. The van der Waals surface area contributed by atoms with Crippen molar-refractivity contribution < 1.29 is 0 Å². The molecule has 0 aromatic heterocycles. The minimum Gasteiger partial charge on any atom is -0.313 e. The summed E-state index contributed by atoms with van der Waals surface area (Å²) in [6.45, 7) is 25.3. The van der Waals surface area contributed by atoms with Crippen molar-refractivity contribution in [2.24, 2.45) is 57.4 Å². The largest absolute Gasteiger partial charge is 0.313 e. The summed E-state index contributed by atoms with van der Waals surface area (Å²) in [7, 11) is 1.99. The predicted octanol–water partition coefficient (Wildman–Crippen LogP) is 11.2. The van der Waals surface area contributed by atoms with Crippen LogP contribution in [0.2, 0.25) is 0 Å². The fourth-order valence-electron chi connectivity index (χ4n) is 9.50. The number of terminal acetylenes is 1. The van der Waals surface area contributed by atoms with Crippen LogP contribution in [0.15, 0.2) is 54.2 Å². The molecule has 3 saturated carbocycles. The van der Waals surface area contributed by atoms with E-state index >= 15 is 0 Å². The van der Waals surface area contributed by atoms with Gasteiger partial charge in [0.2, 0.25) is 0 Å². The summed E-state index contributed by atoms with van der Waals surface area (Å²) in [5.74, 6) is 5.76. The predicted molar refractivity (Wildman–Crippen MR) is 191 cm³/mol. The smallest absolute Gasteiger partial charge is 0.0639 e. The molecule has 0 saturated heterocycles. The summed E-state index contributed by atoms with van der Waals surface area (Å²) in [6, 6.07) is 8.48. The van der Waals surface area contributed by atoms with Crippen LogP contribution in [0.5, 0.6) is 0 Å². The van der Waals surface area contributed by atoms with Crippen LogP contribution in [-0.2, 0) is 0 Å². The van der Waals surface area contributed by atoms with Gasteiger partial charge in [-0.15, -0.1) is 26.0 Å². The van der Waals surface area contributed by atoms with Crippen LogP contribution in [-0.4, -0.2) is 12.8 Å². The van der Waals surface area contributed by atoms with Gasteiger partial charge in [-0.1, -0.05) is 102 Å². The number of allylic oxidation sites excluding steroid dienone is 2. The average molecular weight is 587 g/mol. The number of fused-ring (bicyclic) bond motifs is 5. The Morgan fingerprint density at radius 3 is 2.07 bits per heavy atom.